The summed E-state index contributed by atoms with van der Waals surface area (Å²) in [4.78, 5) is 15.5. The maximum atomic E-state index is 5.71. The van der Waals surface area contributed by atoms with Gasteiger partial charge in [0, 0.05) is 37.2 Å². The molecule has 2 aromatic heterocycles. The Labute approximate surface area is 118 Å². The van der Waals surface area contributed by atoms with Crippen molar-refractivity contribution in [3.05, 3.63) is 36.8 Å². The second-order valence-corrected chi connectivity index (χ2v) is 5.15. The first-order valence-electron chi connectivity index (χ1n) is 7.05. The Hall–Kier alpha value is -2.01. The summed E-state index contributed by atoms with van der Waals surface area (Å²) in [5.74, 6) is 1.46. The highest BCUT2D eigenvalue weighted by atomic mass is 15.2. The van der Waals surface area contributed by atoms with Crippen molar-refractivity contribution in [1.82, 2.24) is 15.0 Å². The minimum Gasteiger partial charge on any atom is -0.341 e. The van der Waals surface area contributed by atoms with Crippen LogP contribution in [0.4, 0.5) is 5.95 Å². The molecule has 0 saturated carbocycles. The van der Waals surface area contributed by atoms with Crippen molar-refractivity contribution < 1.29 is 0 Å². The number of pyridine rings is 1. The maximum absolute atomic E-state index is 5.71. The summed E-state index contributed by atoms with van der Waals surface area (Å²) >= 11 is 0. The average Bonchev–Trinajstić information content (AvgIpc) is 2.56. The third-order valence-corrected chi connectivity index (χ3v) is 3.83. The first-order chi connectivity index (χ1) is 9.86. The standard InChI is InChI=1S/C15H19N5/c16-9-12-4-7-20(8-5-12)15-18-10-13(11-19-15)14-3-1-2-6-17-14/h1-3,6,10-12H,4-5,7-9,16H2. The molecule has 104 valence electrons. The lowest BCUT2D eigenvalue weighted by molar-refractivity contribution is 0.411. The van der Waals surface area contributed by atoms with Crippen molar-refractivity contribution in [2.75, 3.05) is 24.5 Å². The fraction of sp³-hybridized carbons (Fsp3) is 0.400. The minimum absolute atomic E-state index is 0.652. The number of aromatic nitrogens is 3. The van der Waals surface area contributed by atoms with Gasteiger partial charge < -0.3 is 10.6 Å². The van der Waals surface area contributed by atoms with Crippen molar-refractivity contribution in [2.24, 2.45) is 11.7 Å². The lowest BCUT2D eigenvalue weighted by Crippen LogP contribution is -2.37. The van der Waals surface area contributed by atoms with Crippen molar-refractivity contribution in [1.29, 1.82) is 0 Å². The Morgan fingerprint density at radius 3 is 2.45 bits per heavy atom. The van der Waals surface area contributed by atoms with Gasteiger partial charge >= 0.3 is 0 Å². The normalized spacial score (nSPS) is 16.4. The number of piperidine rings is 1. The third-order valence-electron chi connectivity index (χ3n) is 3.83. The molecule has 2 aromatic rings. The Balaban J connectivity index is 1.71. The molecule has 3 heterocycles. The number of anilines is 1. The molecule has 0 spiro atoms. The average molecular weight is 269 g/mol. The van der Waals surface area contributed by atoms with Gasteiger partial charge in [0.05, 0.1) is 5.69 Å². The summed E-state index contributed by atoms with van der Waals surface area (Å²) < 4.78 is 0. The molecule has 0 bridgehead atoms. The first-order valence-corrected chi connectivity index (χ1v) is 7.05. The van der Waals surface area contributed by atoms with Gasteiger partial charge in [0.15, 0.2) is 0 Å². The summed E-state index contributed by atoms with van der Waals surface area (Å²) in [5.41, 5.74) is 7.57. The molecule has 2 N–H and O–H groups in total. The van der Waals surface area contributed by atoms with Crippen molar-refractivity contribution in [2.45, 2.75) is 12.8 Å². The van der Waals surface area contributed by atoms with E-state index in [1.165, 1.54) is 0 Å². The summed E-state index contributed by atoms with van der Waals surface area (Å²) in [7, 11) is 0. The molecule has 0 aliphatic carbocycles. The smallest absolute Gasteiger partial charge is 0.225 e. The highest BCUT2D eigenvalue weighted by Gasteiger charge is 2.19. The molecule has 1 saturated heterocycles. The highest BCUT2D eigenvalue weighted by molar-refractivity contribution is 5.57. The molecular weight excluding hydrogens is 250 g/mol. The van der Waals surface area contributed by atoms with Crippen LogP contribution in [0.3, 0.4) is 0 Å². The SMILES string of the molecule is NCC1CCN(c2ncc(-c3ccccn3)cn2)CC1. The van der Waals surface area contributed by atoms with Gasteiger partial charge in [-0.2, -0.15) is 0 Å². The lowest BCUT2D eigenvalue weighted by Gasteiger charge is -2.31. The van der Waals surface area contributed by atoms with E-state index >= 15 is 0 Å². The van der Waals surface area contributed by atoms with Crippen LogP contribution < -0.4 is 10.6 Å². The Morgan fingerprint density at radius 1 is 1.10 bits per heavy atom. The van der Waals surface area contributed by atoms with E-state index in [0.29, 0.717) is 5.92 Å². The molecule has 1 fully saturated rings. The predicted octanol–water partition coefficient (Wildman–Crippen LogP) is 1.71. The fourth-order valence-corrected chi connectivity index (χ4v) is 2.52. The van der Waals surface area contributed by atoms with Crippen LogP contribution >= 0.6 is 0 Å². The number of nitrogens with zero attached hydrogens (tertiary/aromatic N) is 4. The van der Waals surface area contributed by atoms with Crippen LogP contribution in [-0.4, -0.2) is 34.6 Å². The van der Waals surface area contributed by atoms with Crippen molar-refractivity contribution in [3.63, 3.8) is 0 Å². The van der Waals surface area contributed by atoms with Crippen molar-refractivity contribution >= 4 is 5.95 Å². The summed E-state index contributed by atoms with van der Waals surface area (Å²) in [6.07, 6.45) is 7.73. The Kier molecular flexibility index (Phi) is 3.87. The molecule has 0 amide bonds. The number of hydrogen-bond acceptors (Lipinski definition) is 5. The van der Waals surface area contributed by atoms with Crippen LogP contribution in [0.2, 0.25) is 0 Å². The second kappa shape index (κ2) is 5.96. The molecule has 0 aromatic carbocycles. The van der Waals surface area contributed by atoms with E-state index in [1.807, 2.05) is 30.6 Å². The van der Waals surface area contributed by atoms with Gasteiger partial charge in [0.2, 0.25) is 5.95 Å². The van der Waals surface area contributed by atoms with Crippen LogP contribution in [0.5, 0.6) is 0 Å². The lowest BCUT2D eigenvalue weighted by atomic mass is 9.97. The predicted molar refractivity (Wildman–Crippen MR) is 79.3 cm³/mol. The Morgan fingerprint density at radius 2 is 1.85 bits per heavy atom. The molecule has 3 rings (SSSR count). The molecule has 0 radical (unpaired) electrons. The molecule has 20 heavy (non-hydrogen) atoms. The van der Waals surface area contributed by atoms with E-state index in [9.17, 15) is 0 Å². The molecule has 0 unspecified atom stereocenters. The maximum Gasteiger partial charge on any atom is 0.225 e. The van der Waals surface area contributed by atoms with E-state index < -0.39 is 0 Å². The first kappa shape index (κ1) is 13.0. The molecule has 5 nitrogen and oxygen atoms in total. The monoisotopic (exact) mass is 269 g/mol. The van der Waals surface area contributed by atoms with Crippen LogP contribution in [0.15, 0.2) is 36.8 Å². The topological polar surface area (TPSA) is 67.9 Å². The number of nitrogens with two attached hydrogens (primary N) is 1. The van der Waals surface area contributed by atoms with Gasteiger partial charge in [-0.05, 0) is 37.4 Å². The second-order valence-electron chi connectivity index (χ2n) is 5.15. The van der Waals surface area contributed by atoms with E-state index in [4.69, 9.17) is 5.73 Å². The minimum atomic E-state index is 0.652. The van der Waals surface area contributed by atoms with Gasteiger partial charge in [-0.3, -0.25) is 4.98 Å². The fourth-order valence-electron chi connectivity index (χ4n) is 2.52. The number of hydrogen-bond donors (Lipinski definition) is 1. The van der Waals surface area contributed by atoms with Crippen LogP contribution in [0, 0.1) is 5.92 Å². The molecule has 1 aliphatic heterocycles. The van der Waals surface area contributed by atoms with Gasteiger partial charge in [-0.1, -0.05) is 6.07 Å². The zero-order valence-electron chi connectivity index (χ0n) is 11.4. The van der Waals surface area contributed by atoms with Gasteiger partial charge in [0.1, 0.15) is 0 Å². The van der Waals surface area contributed by atoms with Gasteiger partial charge in [0.25, 0.3) is 0 Å². The van der Waals surface area contributed by atoms with E-state index in [-0.39, 0.29) is 0 Å². The third kappa shape index (κ3) is 2.77. The zero-order valence-corrected chi connectivity index (χ0v) is 11.4. The van der Waals surface area contributed by atoms with Gasteiger partial charge in [-0.25, -0.2) is 9.97 Å². The summed E-state index contributed by atoms with van der Waals surface area (Å²) in [6, 6.07) is 5.83. The Bertz CT molecular complexity index is 532. The molecule has 1 aliphatic rings. The molecular formula is C15H19N5. The summed E-state index contributed by atoms with van der Waals surface area (Å²) in [5, 5.41) is 0. The highest BCUT2D eigenvalue weighted by Crippen LogP contribution is 2.21. The van der Waals surface area contributed by atoms with Crippen LogP contribution in [-0.2, 0) is 0 Å². The molecule has 5 heteroatoms. The van der Waals surface area contributed by atoms with E-state index in [1.54, 1.807) is 6.20 Å². The quantitative estimate of drug-likeness (QED) is 0.918. The van der Waals surface area contributed by atoms with Crippen molar-refractivity contribution in [3.8, 4) is 11.3 Å². The van der Waals surface area contributed by atoms with E-state index in [0.717, 1.165) is 49.7 Å². The largest absolute Gasteiger partial charge is 0.341 e. The summed E-state index contributed by atoms with van der Waals surface area (Å²) in [6.45, 7) is 2.77. The zero-order chi connectivity index (χ0) is 13.8. The van der Waals surface area contributed by atoms with Crippen LogP contribution in [0.25, 0.3) is 11.3 Å². The van der Waals surface area contributed by atoms with Crippen LogP contribution in [0.1, 0.15) is 12.8 Å². The van der Waals surface area contributed by atoms with Gasteiger partial charge in [-0.15, -0.1) is 0 Å². The molecule has 0 atom stereocenters. The van der Waals surface area contributed by atoms with E-state index in [2.05, 4.69) is 19.9 Å². The number of rotatable bonds is 3.